The van der Waals surface area contributed by atoms with E-state index in [0.29, 0.717) is 0 Å². The first-order chi connectivity index (χ1) is 7.91. The summed E-state index contributed by atoms with van der Waals surface area (Å²) in [5, 5.41) is 11.2. The third-order valence-electron chi connectivity index (χ3n) is 2.28. The van der Waals surface area contributed by atoms with E-state index in [9.17, 15) is 4.79 Å². The van der Waals surface area contributed by atoms with Gasteiger partial charge < -0.3 is 10.4 Å². The zero-order chi connectivity index (χ0) is 13.3. The molecule has 100 valence electrons. The fourth-order valence-corrected chi connectivity index (χ4v) is 1.49. The number of amides is 1. The second-order valence-electron chi connectivity index (χ2n) is 3.74. The van der Waals surface area contributed by atoms with E-state index in [2.05, 4.69) is 11.9 Å². The molecule has 1 unspecified atom stereocenters. The topological polar surface area (TPSA) is 49.3 Å². The summed E-state index contributed by atoms with van der Waals surface area (Å²) in [6.07, 6.45) is 6.07. The van der Waals surface area contributed by atoms with Gasteiger partial charge in [0.25, 0.3) is 9.70 Å². The fourth-order valence-electron chi connectivity index (χ4n) is 1.33. The average Bonchev–Trinajstić information content (AvgIpc) is 2.25. The van der Waals surface area contributed by atoms with E-state index < -0.39 is 9.70 Å². The predicted octanol–water partition coefficient (Wildman–Crippen LogP) is 2.97. The normalized spacial score (nSPS) is 13.2. The zero-order valence-corrected chi connectivity index (χ0v) is 11.9. The third kappa shape index (κ3) is 8.72. The highest BCUT2D eigenvalue weighted by Gasteiger charge is 2.31. The van der Waals surface area contributed by atoms with E-state index in [1.165, 1.54) is 0 Å². The van der Waals surface area contributed by atoms with E-state index in [4.69, 9.17) is 39.9 Å². The molecule has 0 radical (unpaired) electrons. The van der Waals surface area contributed by atoms with E-state index in [1.54, 1.807) is 6.08 Å². The highest BCUT2D eigenvalue weighted by Crippen LogP contribution is 2.26. The lowest BCUT2D eigenvalue weighted by atomic mass is 10.1. The average molecular weight is 303 g/mol. The van der Waals surface area contributed by atoms with Crippen molar-refractivity contribution in [2.75, 3.05) is 6.61 Å². The highest BCUT2D eigenvalue weighted by atomic mass is 35.6. The minimum atomic E-state index is -1.93. The molecule has 0 aromatic carbocycles. The third-order valence-corrected chi connectivity index (χ3v) is 2.80. The molecule has 0 aliphatic heterocycles. The molecule has 0 aliphatic rings. The maximum absolute atomic E-state index is 11.4. The number of aliphatic hydroxyl groups excluding tert-OH is 1. The Morgan fingerprint density at radius 1 is 1.29 bits per heavy atom. The molecule has 1 amide bonds. The second kappa shape index (κ2) is 9.03. The number of rotatable bonds is 8. The van der Waals surface area contributed by atoms with E-state index in [-0.39, 0.29) is 12.6 Å². The van der Waals surface area contributed by atoms with Crippen molar-refractivity contribution in [3.8, 4) is 0 Å². The Kier molecular flexibility index (Phi) is 9.06. The molecule has 3 nitrogen and oxygen atoms in total. The Hall–Kier alpha value is 0.0400. The monoisotopic (exact) mass is 301 g/mol. The minimum absolute atomic E-state index is 0.188. The van der Waals surface area contributed by atoms with Crippen molar-refractivity contribution in [3.05, 3.63) is 12.7 Å². The van der Waals surface area contributed by atoms with E-state index in [1.807, 2.05) is 0 Å². The molecule has 0 saturated heterocycles. The first-order valence-electron chi connectivity index (χ1n) is 5.53. The maximum Gasteiger partial charge on any atom is 0.272 e. The van der Waals surface area contributed by atoms with Crippen molar-refractivity contribution in [1.29, 1.82) is 0 Å². The van der Waals surface area contributed by atoms with Crippen molar-refractivity contribution in [1.82, 2.24) is 5.32 Å². The molecule has 0 heterocycles. The summed E-state index contributed by atoms with van der Waals surface area (Å²) in [6.45, 7) is 3.84. The van der Waals surface area contributed by atoms with Gasteiger partial charge in [0.2, 0.25) is 0 Å². The summed E-state index contributed by atoms with van der Waals surface area (Å²) in [4.78, 5) is 11.4. The molecular formula is C11H18Cl3NO2. The molecule has 0 saturated carbocycles. The smallest absolute Gasteiger partial charge is 0.272 e. The van der Waals surface area contributed by atoms with Gasteiger partial charge in [0, 0.05) is 12.6 Å². The molecule has 1 atom stereocenters. The number of halogens is 3. The quantitative estimate of drug-likeness (QED) is 0.411. The van der Waals surface area contributed by atoms with Gasteiger partial charge in [0.1, 0.15) is 0 Å². The van der Waals surface area contributed by atoms with Crippen LogP contribution in [0.25, 0.3) is 0 Å². The molecule has 0 rings (SSSR count). The largest absolute Gasteiger partial charge is 0.396 e. The van der Waals surface area contributed by atoms with Crippen molar-refractivity contribution in [3.63, 3.8) is 0 Å². The molecule has 6 heteroatoms. The van der Waals surface area contributed by atoms with E-state index >= 15 is 0 Å². The fraction of sp³-hybridized carbons (Fsp3) is 0.727. The van der Waals surface area contributed by atoms with Crippen LogP contribution >= 0.6 is 34.8 Å². The molecule has 2 N–H and O–H groups in total. The van der Waals surface area contributed by atoms with Gasteiger partial charge >= 0.3 is 0 Å². The minimum Gasteiger partial charge on any atom is -0.396 e. The summed E-state index contributed by atoms with van der Waals surface area (Å²) in [7, 11) is 0. The predicted molar refractivity (Wildman–Crippen MR) is 72.6 cm³/mol. The van der Waals surface area contributed by atoms with Gasteiger partial charge in [0.15, 0.2) is 0 Å². The number of nitrogens with one attached hydrogen (secondary N) is 1. The Labute approximate surface area is 117 Å². The second-order valence-corrected chi connectivity index (χ2v) is 6.02. The summed E-state index contributed by atoms with van der Waals surface area (Å²) in [5.74, 6) is -0.636. The highest BCUT2D eigenvalue weighted by molar-refractivity contribution is 6.76. The number of aliphatic hydroxyl groups is 1. The maximum atomic E-state index is 11.4. The van der Waals surface area contributed by atoms with Gasteiger partial charge in [-0.25, -0.2) is 0 Å². The van der Waals surface area contributed by atoms with Crippen molar-refractivity contribution in [2.24, 2.45) is 0 Å². The number of hydrogen-bond donors (Lipinski definition) is 2. The van der Waals surface area contributed by atoms with Crippen LogP contribution in [0.5, 0.6) is 0 Å². The van der Waals surface area contributed by atoms with Gasteiger partial charge in [-0.05, 0) is 12.8 Å². The van der Waals surface area contributed by atoms with Crippen LogP contribution in [0, 0.1) is 0 Å². The first-order valence-corrected chi connectivity index (χ1v) is 6.66. The lowest BCUT2D eigenvalue weighted by Crippen LogP contribution is -2.40. The van der Waals surface area contributed by atoms with Crippen LogP contribution in [-0.2, 0) is 4.79 Å². The van der Waals surface area contributed by atoms with Gasteiger partial charge in [0.05, 0.1) is 0 Å². The van der Waals surface area contributed by atoms with Crippen LogP contribution in [0.15, 0.2) is 12.7 Å². The van der Waals surface area contributed by atoms with Crippen LogP contribution in [0.4, 0.5) is 0 Å². The summed E-state index contributed by atoms with van der Waals surface area (Å²) < 4.78 is -1.93. The lowest BCUT2D eigenvalue weighted by Gasteiger charge is -2.18. The van der Waals surface area contributed by atoms with Crippen LogP contribution in [0.3, 0.4) is 0 Å². The Morgan fingerprint density at radius 3 is 2.35 bits per heavy atom. The Morgan fingerprint density at radius 2 is 1.88 bits per heavy atom. The van der Waals surface area contributed by atoms with Gasteiger partial charge in [-0.2, -0.15) is 0 Å². The van der Waals surface area contributed by atoms with Crippen LogP contribution in [0.2, 0.25) is 0 Å². The summed E-state index contributed by atoms with van der Waals surface area (Å²) in [6, 6.07) is -0.188. The molecule has 0 spiro atoms. The standard InChI is InChI=1S/C11H18Cl3NO2/c1-2-9(7-5-3-4-6-8-16)15-10(17)11(12,13)14/h2,9,16H,1,3-8H2,(H,15,17). The SMILES string of the molecule is C=CC(CCCCCCO)NC(=O)C(Cl)(Cl)Cl. The number of hydrogen-bond acceptors (Lipinski definition) is 2. The molecule has 0 aromatic heterocycles. The van der Waals surface area contributed by atoms with Crippen molar-refractivity contribution < 1.29 is 9.90 Å². The van der Waals surface area contributed by atoms with Gasteiger partial charge in [-0.1, -0.05) is 60.1 Å². The zero-order valence-electron chi connectivity index (χ0n) is 9.59. The van der Waals surface area contributed by atoms with Crippen LogP contribution in [0.1, 0.15) is 32.1 Å². The molecule has 0 aliphatic carbocycles. The van der Waals surface area contributed by atoms with Crippen LogP contribution < -0.4 is 5.32 Å². The number of carbonyl (C=O) groups excluding carboxylic acids is 1. The Balaban J connectivity index is 3.85. The summed E-state index contributed by atoms with van der Waals surface area (Å²) in [5.41, 5.74) is 0. The molecular weight excluding hydrogens is 284 g/mol. The van der Waals surface area contributed by atoms with Crippen molar-refractivity contribution in [2.45, 2.75) is 41.9 Å². The van der Waals surface area contributed by atoms with Gasteiger partial charge in [-0.15, -0.1) is 6.58 Å². The van der Waals surface area contributed by atoms with Crippen molar-refractivity contribution >= 4 is 40.7 Å². The summed E-state index contributed by atoms with van der Waals surface area (Å²) >= 11 is 16.3. The Bertz CT molecular complexity index is 241. The molecule has 0 fully saturated rings. The van der Waals surface area contributed by atoms with Gasteiger partial charge in [-0.3, -0.25) is 4.79 Å². The number of unbranched alkanes of at least 4 members (excludes halogenated alkanes) is 3. The van der Waals surface area contributed by atoms with Crippen LogP contribution in [-0.4, -0.2) is 27.5 Å². The number of alkyl halides is 3. The first kappa shape index (κ1) is 17.0. The molecule has 0 bridgehead atoms. The molecule has 0 aromatic rings. The lowest BCUT2D eigenvalue weighted by molar-refractivity contribution is -0.120. The molecule has 17 heavy (non-hydrogen) atoms. The van der Waals surface area contributed by atoms with E-state index in [0.717, 1.165) is 32.1 Å². The number of carbonyl (C=O) groups is 1.